The van der Waals surface area contributed by atoms with Crippen molar-refractivity contribution in [3.8, 4) is 0 Å². The molecular formula is C49H55Cl3N4O10. The van der Waals surface area contributed by atoms with Gasteiger partial charge >= 0.3 is 23.9 Å². The summed E-state index contributed by atoms with van der Waals surface area (Å²) in [6.45, 7) is 0. The van der Waals surface area contributed by atoms with Gasteiger partial charge in [0.25, 0.3) is 0 Å². The second-order valence-electron chi connectivity index (χ2n) is 14.3. The summed E-state index contributed by atoms with van der Waals surface area (Å²) in [7, 11) is 5.37. The number of nitrogens with zero attached hydrogens (tertiary/aromatic N) is 1. The van der Waals surface area contributed by atoms with E-state index in [1.807, 2.05) is 54.6 Å². The van der Waals surface area contributed by atoms with Gasteiger partial charge in [-0.25, -0.2) is 14.4 Å². The van der Waals surface area contributed by atoms with Crippen LogP contribution in [0.1, 0.15) is 88.7 Å². The van der Waals surface area contributed by atoms with Crippen LogP contribution >= 0.6 is 34.8 Å². The van der Waals surface area contributed by atoms with Crippen LogP contribution < -0.4 is 5.32 Å². The highest BCUT2D eigenvalue weighted by Gasteiger charge is 2.44. The van der Waals surface area contributed by atoms with Gasteiger partial charge in [0.15, 0.2) is 0 Å². The number of carbonyl (C=O) groups is 6. The third-order valence-electron chi connectivity index (χ3n) is 10.8. The molecular weight excluding hydrogens is 911 g/mol. The van der Waals surface area contributed by atoms with Gasteiger partial charge in [0.05, 0.1) is 57.5 Å². The van der Waals surface area contributed by atoms with E-state index in [0.717, 1.165) is 55.4 Å². The maximum atomic E-state index is 12.9. The molecule has 352 valence electrons. The Morgan fingerprint density at radius 2 is 1.05 bits per heavy atom. The van der Waals surface area contributed by atoms with E-state index >= 15 is 0 Å². The molecule has 0 fully saturated rings. The highest BCUT2D eigenvalue weighted by Crippen LogP contribution is 2.42. The van der Waals surface area contributed by atoms with Crippen LogP contribution in [-0.4, -0.2) is 102 Å². The maximum absolute atomic E-state index is 12.9. The van der Waals surface area contributed by atoms with Crippen LogP contribution in [0.25, 0.3) is 21.8 Å². The average molecular weight is 966 g/mol. The average Bonchev–Trinajstić information content (AvgIpc) is 3.90. The van der Waals surface area contributed by atoms with E-state index in [0.29, 0.717) is 24.0 Å². The van der Waals surface area contributed by atoms with Gasteiger partial charge in [0.2, 0.25) is 11.1 Å². The Labute approximate surface area is 399 Å². The van der Waals surface area contributed by atoms with E-state index in [1.165, 1.54) is 33.3 Å². The first-order chi connectivity index (χ1) is 30.4. The molecule has 0 saturated heterocycles. The van der Waals surface area contributed by atoms with Gasteiger partial charge in [-0.15, -0.1) is 23.2 Å². The number of hydrogen-bond acceptors (Lipinski definition) is 11. The number of hydrogen-bond donors (Lipinski definition) is 3. The Hall–Kier alpha value is -6.19. The van der Waals surface area contributed by atoms with Crippen molar-refractivity contribution in [2.45, 2.75) is 59.3 Å². The first kappa shape index (κ1) is 54.1. The third kappa shape index (κ3) is 11.4. The van der Waals surface area contributed by atoms with E-state index < -0.39 is 35.3 Å². The fourth-order valence-electron chi connectivity index (χ4n) is 7.97. The van der Waals surface area contributed by atoms with Crippen molar-refractivity contribution < 1.29 is 47.7 Å². The second-order valence-corrected chi connectivity index (χ2v) is 15.3. The Morgan fingerprint density at radius 3 is 1.50 bits per heavy atom. The molecule has 2 aliphatic rings. The molecule has 2 unspecified atom stereocenters. The number of para-hydroxylation sites is 2. The summed E-state index contributed by atoms with van der Waals surface area (Å²) in [4.78, 5) is 79.2. The quantitative estimate of drug-likeness (QED) is 0.0573. The first-order valence-corrected chi connectivity index (χ1v) is 20.9. The van der Waals surface area contributed by atoms with Crippen LogP contribution in [0.3, 0.4) is 0 Å². The van der Waals surface area contributed by atoms with Gasteiger partial charge in [-0.1, -0.05) is 82.9 Å². The Morgan fingerprint density at radius 1 is 0.591 bits per heavy atom. The van der Waals surface area contributed by atoms with E-state index in [9.17, 15) is 28.8 Å². The van der Waals surface area contributed by atoms with Gasteiger partial charge in [0, 0.05) is 46.0 Å². The van der Waals surface area contributed by atoms with Gasteiger partial charge < -0.3 is 33.8 Å². The number of esters is 4. The topological polar surface area (TPSA) is 186 Å². The molecule has 66 heavy (non-hydrogen) atoms. The smallest absolute Gasteiger partial charge is 0.337 e. The molecule has 17 heteroatoms. The molecule has 0 radical (unpaired) electrons. The standard InChI is InChI=1S/C23H21ClN2O5.C21H20N2O4.C2H2Cl2O.3CH4/c1-30-22(28)14-9-7-13(8-10-14)21-20-16(15-5-3-4-6-17(15)25-20)11-18(23(29)31-2)26(21)19(27)12-24;1-26-20(24)13-9-7-12(8-10-13)18-19-15(11-17(23-18)21(25)27-2)14-5-3-4-6-16(14)22-19;3-1-2(4)5;;;/h3-10,18,21,25H,11-12H2,1-2H3;3-10,17-18,22-23H,11H2,1-2H3;1H2;3*1H4/t18-,21?;17-,18?;;;;/m00..../s1. The first-order valence-electron chi connectivity index (χ1n) is 19.5. The number of rotatable bonds is 8. The number of aromatic amines is 2. The molecule has 0 saturated carbocycles. The molecule has 0 bridgehead atoms. The minimum Gasteiger partial charge on any atom is -0.468 e. The van der Waals surface area contributed by atoms with E-state index in [-0.39, 0.29) is 57.9 Å². The predicted octanol–water partition coefficient (Wildman–Crippen LogP) is 8.84. The lowest BCUT2D eigenvalue weighted by atomic mass is 9.87. The highest BCUT2D eigenvalue weighted by atomic mass is 35.5. The largest absolute Gasteiger partial charge is 0.468 e. The number of carbonyl (C=O) groups excluding carboxylic acids is 6. The molecule has 0 aliphatic carbocycles. The molecule has 1 amide bonds. The monoisotopic (exact) mass is 964 g/mol. The van der Waals surface area contributed by atoms with Crippen LogP contribution in [0.15, 0.2) is 97.1 Å². The van der Waals surface area contributed by atoms with Crippen molar-refractivity contribution in [3.05, 3.63) is 142 Å². The van der Waals surface area contributed by atoms with Crippen LogP contribution in [0.5, 0.6) is 0 Å². The number of amides is 1. The summed E-state index contributed by atoms with van der Waals surface area (Å²) in [6, 6.07) is 27.7. The van der Waals surface area contributed by atoms with Gasteiger partial charge in [-0.3, -0.25) is 19.7 Å². The van der Waals surface area contributed by atoms with Crippen molar-refractivity contribution >= 4 is 91.6 Å². The van der Waals surface area contributed by atoms with Gasteiger partial charge in [0.1, 0.15) is 18.0 Å². The summed E-state index contributed by atoms with van der Waals surface area (Å²) in [5.41, 5.74) is 8.40. The molecule has 2 aromatic heterocycles. The highest BCUT2D eigenvalue weighted by molar-refractivity contribution is 6.67. The summed E-state index contributed by atoms with van der Waals surface area (Å²) >= 11 is 15.5. The maximum Gasteiger partial charge on any atom is 0.337 e. The number of nitrogens with one attached hydrogen (secondary N) is 3. The summed E-state index contributed by atoms with van der Waals surface area (Å²) < 4.78 is 19.5. The SMILES string of the molecule is C.C.C.COC(=O)c1ccc(C2N[C@H](C(=O)OC)Cc3c2[nH]c2ccccc32)cc1.COC(=O)c1ccc(C2c3[nH]c4ccccc4c3C[C@@H](C(=O)OC)N2C(=O)CCl)cc1.O=C(Cl)CCl. The fraction of sp³-hybridized carbons (Fsp3) is 0.306. The van der Waals surface area contributed by atoms with Crippen LogP contribution in [0.2, 0.25) is 0 Å². The molecule has 3 N–H and O–H groups in total. The molecule has 2 aliphatic heterocycles. The van der Waals surface area contributed by atoms with E-state index in [2.05, 4.69) is 21.4 Å². The molecule has 4 aromatic carbocycles. The molecule has 0 spiro atoms. The number of fused-ring (bicyclic) bond motifs is 6. The van der Waals surface area contributed by atoms with Gasteiger partial charge in [-0.2, -0.15) is 0 Å². The lowest BCUT2D eigenvalue weighted by Gasteiger charge is -2.40. The Bertz CT molecular complexity index is 2650. The van der Waals surface area contributed by atoms with E-state index in [1.54, 1.807) is 36.4 Å². The number of aromatic nitrogens is 2. The number of halogens is 3. The van der Waals surface area contributed by atoms with Crippen molar-refractivity contribution in [1.29, 1.82) is 0 Å². The molecule has 14 nitrogen and oxygen atoms in total. The predicted molar refractivity (Wildman–Crippen MR) is 257 cm³/mol. The Balaban J connectivity index is 0.000000307. The minimum absolute atomic E-state index is 0. The normalized spacial score (nSPS) is 16.6. The van der Waals surface area contributed by atoms with Crippen molar-refractivity contribution in [2.75, 3.05) is 40.2 Å². The molecule has 8 rings (SSSR count). The summed E-state index contributed by atoms with van der Waals surface area (Å²) in [5, 5.41) is 4.97. The van der Waals surface area contributed by atoms with Crippen molar-refractivity contribution in [2.24, 2.45) is 0 Å². The number of benzene rings is 4. The Kier molecular flexibility index (Phi) is 20.0. The number of methoxy groups -OCH3 is 4. The van der Waals surface area contributed by atoms with Crippen LogP contribution in [0.4, 0.5) is 0 Å². The minimum atomic E-state index is -0.826. The molecule has 6 aromatic rings. The zero-order valence-electron chi connectivity index (χ0n) is 34.5. The fourth-order valence-corrected chi connectivity index (χ4v) is 8.11. The van der Waals surface area contributed by atoms with Crippen molar-refractivity contribution in [3.63, 3.8) is 0 Å². The number of ether oxygens (including phenoxy) is 4. The second kappa shape index (κ2) is 24.4. The summed E-state index contributed by atoms with van der Waals surface area (Å²) in [5.74, 6) is -2.39. The zero-order chi connectivity index (χ0) is 45.4. The lowest BCUT2D eigenvalue weighted by Crippen LogP contribution is -2.52. The lowest BCUT2D eigenvalue weighted by molar-refractivity contribution is -0.154. The zero-order valence-corrected chi connectivity index (χ0v) is 36.8. The molecule has 4 atom stereocenters. The number of alkyl halides is 2. The molecule has 4 heterocycles. The summed E-state index contributed by atoms with van der Waals surface area (Å²) in [6.07, 6.45) is 0.869. The van der Waals surface area contributed by atoms with Crippen LogP contribution in [0, 0.1) is 0 Å². The van der Waals surface area contributed by atoms with Crippen molar-refractivity contribution in [1.82, 2.24) is 20.2 Å². The third-order valence-corrected chi connectivity index (χ3v) is 11.6. The van der Waals surface area contributed by atoms with Gasteiger partial charge in [-0.05, 0) is 70.3 Å². The van der Waals surface area contributed by atoms with Crippen LogP contribution in [-0.2, 0) is 51.0 Å². The number of H-pyrrole nitrogens is 2. The van der Waals surface area contributed by atoms with E-state index in [4.69, 9.17) is 53.8 Å².